The first-order chi connectivity index (χ1) is 16.3. The monoisotopic (exact) mass is 480 g/mol. The summed E-state index contributed by atoms with van der Waals surface area (Å²) in [6.45, 7) is 0.0813. The number of rotatable bonds is 4. The lowest BCUT2D eigenvalue weighted by atomic mass is 9.97. The van der Waals surface area contributed by atoms with Crippen LogP contribution in [0.4, 0.5) is 14.5 Å². The number of amides is 1. The topological polar surface area (TPSA) is 66.5 Å². The summed E-state index contributed by atoms with van der Waals surface area (Å²) < 4.78 is 54.0. The van der Waals surface area contributed by atoms with E-state index in [2.05, 4.69) is 17.2 Å². The van der Waals surface area contributed by atoms with Crippen LogP contribution in [-0.2, 0) is 14.8 Å². The van der Waals surface area contributed by atoms with E-state index in [1.165, 1.54) is 0 Å². The van der Waals surface area contributed by atoms with Crippen LogP contribution >= 0.6 is 0 Å². The number of anilines is 1. The second-order valence-corrected chi connectivity index (χ2v) is 9.85. The van der Waals surface area contributed by atoms with Crippen molar-refractivity contribution in [1.29, 1.82) is 0 Å². The van der Waals surface area contributed by atoms with Crippen LogP contribution < -0.4 is 5.32 Å². The molecule has 0 aromatic heterocycles. The van der Waals surface area contributed by atoms with Gasteiger partial charge in [-0.2, -0.15) is 4.31 Å². The standard InChI is InChI=1S/C26H22F2N2O3S/c27-22-11-12-24(28)25(18-22)34(32,33)30-15-13-21(14-16-30)26(31)29-23-8-4-7-20(17-23)10-9-19-5-2-1-3-6-19/h1-8,11-12,17-18,21H,13-16H2,(H,29,31). The van der Waals surface area contributed by atoms with E-state index < -0.39 is 32.5 Å². The number of sulfonamides is 1. The van der Waals surface area contributed by atoms with Gasteiger partial charge in [0.05, 0.1) is 0 Å². The van der Waals surface area contributed by atoms with Gasteiger partial charge >= 0.3 is 0 Å². The summed E-state index contributed by atoms with van der Waals surface area (Å²) in [5.74, 6) is 3.69. The van der Waals surface area contributed by atoms with E-state index in [0.717, 1.165) is 27.6 Å². The normalized spacial score (nSPS) is 14.8. The molecule has 0 atom stereocenters. The van der Waals surface area contributed by atoms with Crippen LogP contribution in [0.5, 0.6) is 0 Å². The predicted molar refractivity (Wildman–Crippen MR) is 125 cm³/mol. The SMILES string of the molecule is O=C(Nc1cccc(C#Cc2ccccc2)c1)C1CCN(S(=O)(=O)c2cc(F)ccc2F)CC1. The number of nitrogens with one attached hydrogen (secondary N) is 1. The highest BCUT2D eigenvalue weighted by molar-refractivity contribution is 7.89. The molecule has 3 aromatic rings. The van der Waals surface area contributed by atoms with Gasteiger partial charge in [0, 0.05) is 35.8 Å². The van der Waals surface area contributed by atoms with E-state index in [0.29, 0.717) is 11.8 Å². The van der Waals surface area contributed by atoms with Crippen molar-refractivity contribution in [1.82, 2.24) is 4.31 Å². The Morgan fingerprint density at radius 3 is 2.29 bits per heavy atom. The fourth-order valence-corrected chi connectivity index (χ4v) is 5.30. The maximum atomic E-state index is 14.0. The Kier molecular flexibility index (Phi) is 7.06. The van der Waals surface area contributed by atoms with E-state index in [-0.39, 0.29) is 31.8 Å². The average Bonchev–Trinajstić information content (AvgIpc) is 2.85. The Morgan fingerprint density at radius 2 is 1.56 bits per heavy atom. The summed E-state index contributed by atoms with van der Waals surface area (Å²) in [5.41, 5.74) is 2.23. The van der Waals surface area contributed by atoms with Crippen molar-refractivity contribution < 1.29 is 22.0 Å². The molecular formula is C26H22F2N2O3S. The van der Waals surface area contributed by atoms with Crippen molar-refractivity contribution in [2.75, 3.05) is 18.4 Å². The molecule has 0 bridgehead atoms. The number of halogens is 2. The fourth-order valence-electron chi connectivity index (χ4n) is 3.76. The number of hydrogen-bond acceptors (Lipinski definition) is 3. The molecule has 0 saturated carbocycles. The lowest BCUT2D eigenvalue weighted by Gasteiger charge is -2.30. The second kappa shape index (κ2) is 10.2. The summed E-state index contributed by atoms with van der Waals surface area (Å²) in [7, 11) is -4.19. The molecule has 174 valence electrons. The predicted octanol–water partition coefficient (Wildman–Crippen LogP) is 4.40. The fraction of sp³-hybridized carbons (Fsp3) is 0.192. The van der Waals surface area contributed by atoms with Gasteiger partial charge in [-0.05, 0) is 61.4 Å². The third kappa shape index (κ3) is 5.50. The van der Waals surface area contributed by atoms with Gasteiger partial charge in [-0.1, -0.05) is 36.1 Å². The number of nitrogens with zero attached hydrogens (tertiary/aromatic N) is 1. The molecule has 0 aliphatic carbocycles. The number of hydrogen-bond donors (Lipinski definition) is 1. The van der Waals surface area contributed by atoms with E-state index in [4.69, 9.17) is 0 Å². The summed E-state index contributed by atoms with van der Waals surface area (Å²) >= 11 is 0. The van der Waals surface area contributed by atoms with Crippen molar-refractivity contribution in [2.45, 2.75) is 17.7 Å². The second-order valence-electron chi connectivity index (χ2n) is 7.94. The number of carbonyl (C=O) groups excluding carboxylic acids is 1. The molecule has 8 heteroatoms. The molecule has 4 rings (SSSR count). The first-order valence-corrected chi connectivity index (χ1v) is 12.2. The van der Waals surface area contributed by atoms with E-state index in [1.54, 1.807) is 18.2 Å². The van der Waals surface area contributed by atoms with Crippen molar-refractivity contribution in [3.63, 3.8) is 0 Å². The Morgan fingerprint density at radius 1 is 0.882 bits per heavy atom. The molecule has 1 heterocycles. The van der Waals surface area contributed by atoms with Crippen LogP contribution in [0.25, 0.3) is 0 Å². The molecule has 1 fully saturated rings. The van der Waals surface area contributed by atoms with Gasteiger partial charge in [0.2, 0.25) is 15.9 Å². The van der Waals surface area contributed by atoms with Crippen molar-refractivity contribution in [3.8, 4) is 11.8 Å². The summed E-state index contributed by atoms with van der Waals surface area (Å²) in [6.07, 6.45) is 0.547. The Bertz CT molecular complexity index is 1360. The van der Waals surface area contributed by atoms with Gasteiger partial charge in [0.1, 0.15) is 16.5 Å². The minimum atomic E-state index is -4.19. The number of benzene rings is 3. The number of piperidine rings is 1. The lowest BCUT2D eigenvalue weighted by Crippen LogP contribution is -2.41. The van der Waals surface area contributed by atoms with E-state index >= 15 is 0 Å². The van der Waals surface area contributed by atoms with Crippen LogP contribution in [0.1, 0.15) is 24.0 Å². The third-order valence-corrected chi connectivity index (χ3v) is 7.50. The van der Waals surface area contributed by atoms with Gasteiger partial charge in [0.15, 0.2) is 0 Å². The van der Waals surface area contributed by atoms with Gasteiger partial charge in [-0.3, -0.25) is 4.79 Å². The molecule has 3 aromatic carbocycles. The van der Waals surface area contributed by atoms with Gasteiger partial charge in [0.25, 0.3) is 0 Å². The highest BCUT2D eigenvalue weighted by Gasteiger charge is 2.33. The maximum absolute atomic E-state index is 14.0. The zero-order valence-electron chi connectivity index (χ0n) is 18.2. The molecule has 0 spiro atoms. The van der Waals surface area contributed by atoms with Crippen LogP contribution in [0, 0.1) is 29.4 Å². The molecule has 0 radical (unpaired) electrons. The molecule has 5 nitrogen and oxygen atoms in total. The van der Waals surface area contributed by atoms with E-state index in [9.17, 15) is 22.0 Å². The van der Waals surface area contributed by atoms with Gasteiger partial charge in [-0.25, -0.2) is 17.2 Å². The van der Waals surface area contributed by atoms with Crippen LogP contribution in [0.15, 0.2) is 77.7 Å². The highest BCUT2D eigenvalue weighted by atomic mass is 32.2. The maximum Gasteiger partial charge on any atom is 0.246 e. The molecule has 1 aliphatic heterocycles. The Balaban J connectivity index is 1.38. The smallest absolute Gasteiger partial charge is 0.246 e. The minimum absolute atomic E-state index is 0.0406. The summed E-state index contributed by atoms with van der Waals surface area (Å²) in [4.78, 5) is 12.1. The van der Waals surface area contributed by atoms with Crippen molar-refractivity contribution in [3.05, 3.63) is 95.6 Å². The molecule has 1 aliphatic rings. The summed E-state index contributed by atoms with van der Waals surface area (Å²) in [6, 6.07) is 19.1. The summed E-state index contributed by atoms with van der Waals surface area (Å²) in [5, 5.41) is 2.87. The van der Waals surface area contributed by atoms with Gasteiger partial charge in [-0.15, -0.1) is 0 Å². The van der Waals surface area contributed by atoms with Gasteiger partial charge < -0.3 is 5.32 Å². The lowest BCUT2D eigenvalue weighted by molar-refractivity contribution is -0.120. The number of carbonyl (C=O) groups is 1. The minimum Gasteiger partial charge on any atom is -0.326 e. The van der Waals surface area contributed by atoms with Crippen molar-refractivity contribution in [2.24, 2.45) is 5.92 Å². The largest absolute Gasteiger partial charge is 0.326 e. The van der Waals surface area contributed by atoms with Crippen LogP contribution in [0.2, 0.25) is 0 Å². The first kappa shape index (κ1) is 23.6. The molecule has 1 N–H and O–H groups in total. The molecular weight excluding hydrogens is 458 g/mol. The zero-order valence-corrected chi connectivity index (χ0v) is 19.0. The Hall–Kier alpha value is -3.54. The van der Waals surface area contributed by atoms with Crippen LogP contribution in [0.3, 0.4) is 0 Å². The van der Waals surface area contributed by atoms with E-state index in [1.807, 2.05) is 36.4 Å². The third-order valence-electron chi connectivity index (χ3n) is 5.59. The van der Waals surface area contributed by atoms with Crippen LogP contribution in [-0.4, -0.2) is 31.7 Å². The highest BCUT2D eigenvalue weighted by Crippen LogP contribution is 2.27. The average molecular weight is 481 g/mol. The molecule has 1 amide bonds. The molecule has 0 unspecified atom stereocenters. The first-order valence-electron chi connectivity index (χ1n) is 10.8. The zero-order chi connectivity index (χ0) is 24.1. The van der Waals surface area contributed by atoms with Crippen molar-refractivity contribution >= 4 is 21.6 Å². The molecule has 1 saturated heterocycles. The quantitative estimate of drug-likeness (QED) is 0.563. The Labute approximate surface area is 197 Å². The molecule has 34 heavy (non-hydrogen) atoms.